The van der Waals surface area contributed by atoms with Gasteiger partial charge in [0, 0.05) is 0 Å². The molecular weight excluding hydrogens is 234 g/mol. The monoisotopic (exact) mass is 251 g/mol. The molecule has 98 valence electrons. The average molecular weight is 251 g/mol. The minimum atomic E-state index is -0.961. The molecule has 0 spiro atoms. The highest BCUT2D eigenvalue weighted by molar-refractivity contribution is 5.68. The molecule has 0 radical (unpaired) electrons. The SMILES string of the molecule is CC(C)Oc1ccc([C@H](CC(=O)O)NC=O)cc1. The van der Waals surface area contributed by atoms with Crippen LogP contribution in [0.4, 0.5) is 0 Å². The van der Waals surface area contributed by atoms with Gasteiger partial charge in [-0.15, -0.1) is 0 Å². The van der Waals surface area contributed by atoms with Gasteiger partial charge in [-0.1, -0.05) is 12.1 Å². The van der Waals surface area contributed by atoms with Crippen LogP contribution in [0.15, 0.2) is 24.3 Å². The third kappa shape index (κ3) is 4.45. The first-order valence-corrected chi connectivity index (χ1v) is 5.71. The molecular formula is C13H17NO4. The molecule has 1 amide bonds. The van der Waals surface area contributed by atoms with E-state index in [-0.39, 0.29) is 12.5 Å². The molecule has 0 aliphatic rings. The lowest BCUT2D eigenvalue weighted by molar-refractivity contribution is -0.137. The maximum Gasteiger partial charge on any atom is 0.305 e. The number of carboxylic acids is 1. The smallest absolute Gasteiger partial charge is 0.305 e. The Labute approximate surface area is 106 Å². The van der Waals surface area contributed by atoms with Crippen LogP contribution in [0.1, 0.15) is 31.9 Å². The molecule has 1 aromatic carbocycles. The Morgan fingerprint density at radius 2 is 2.00 bits per heavy atom. The number of aliphatic carboxylic acids is 1. The van der Waals surface area contributed by atoms with Gasteiger partial charge < -0.3 is 15.2 Å². The van der Waals surface area contributed by atoms with Gasteiger partial charge in [-0.25, -0.2) is 0 Å². The second-order valence-corrected chi connectivity index (χ2v) is 4.17. The van der Waals surface area contributed by atoms with Crippen LogP contribution in [0.3, 0.4) is 0 Å². The Hall–Kier alpha value is -2.04. The van der Waals surface area contributed by atoms with Crippen molar-refractivity contribution in [3.8, 4) is 5.75 Å². The van der Waals surface area contributed by atoms with Crippen molar-refractivity contribution in [2.45, 2.75) is 32.4 Å². The van der Waals surface area contributed by atoms with Crippen molar-refractivity contribution in [1.29, 1.82) is 0 Å². The first-order valence-electron chi connectivity index (χ1n) is 5.71. The van der Waals surface area contributed by atoms with Crippen LogP contribution in [0.2, 0.25) is 0 Å². The highest BCUT2D eigenvalue weighted by atomic mass is 16.5. The van der Waals surface area contributed by atoms with E-state index in [0.29, 0.717) is 12.2 Å². The van der Waals surface area contributed by atoms with Crippen molar-refractivity contribution >= 4 is 12.4 Å². The molecule has 0 aromatic heterocycles. The van der Waals surface area contributed by atoms with E-state index in [1.807, 2.05) is 13.8 Å². The summed E-state index contributed by atoms with van der Waals surface area (Å²) in [5.74, 6) is -0.245. The molecule has 0 aliphatic heterocycles. The van der Waals surface area contributed by atoms with Gasteiger partial charge in [0.15, 0.2) is 0 Å². The van der Waals surface area contributed by atoms with E-state index < -0.39 is 12.0 Å². The maximum atomic E-state index is 10.7. The summed E-state index contributed by atoms with van der Waals surface area (Å²) in [6.45, 7) is 3.85. The van der Waals surface area contributed by atoms with Crippen molar-refractivity contribution in [3.05, 3.63) is 29.8 Å². The standard InChI is InChI=1S/C13H17NO4/c1-9(2)18-11-5-3-10(4-6-11)12(14-8-15)7-13(16)17/h3-6,8-9,12H,7H2,1-2H3,(H,14,15)(H,16,17)/t12-/m0/s1. The summed E-state index contributed by atoms with van der Waals surface area (Å²) in [5, 5.41) is 11.3. The lowest BCUT2D eigenvalue weighted by Crippen LogP contribution is -2.22. The highest BCUT2D eigenvalue weighted by Gasteiger charge is 2.14. The molecule has 18 heavy (non-hydrogen) atoms. The number of benzene rings is 1. The molecule has 0 bridgehead atoms. The van der Waals surface area contributed by atoms with Gasteiger partial charge in [0.2, 0.25) is 6.41 Å². The fourth-order valence-corrected chi connectivity index (χ4v) is 1.58. The van der Waals surface area contributed by atoms with E-state index in [2.05, 4.69) is 5.32 Å². The molecule has 0 heterocycles. The zero-order valence-corrected chi connectivity index (χ0v) is 10.4. The van der Waals surface area contributed by atoms with Gasteiger partial charge in [-0.2, -0.15) is 0 Å². The Kier molecular flexibility index (Phi) is 5.17. The number of amides is 1. The number of rotatable bonds is 7. The van der Waals surface area contributed by atoms with Crippen LogP contribution in [0.5, 0.6) is 5.75 Å². The Bertz CT molecular complexity index is 400. The molecule has 0 unspecified atom stereocenters. The van der Waals surface area contributed by atoms with Crippen molar-refractivity contribution in [2.75, 3.05) is 0 Å². The summed E-state index contributed by atoms with van der Waals surface area (Å²) in [7, 11) is 0. The summed E-state index contributed by atoms with van der Waals surface area (Å²) in [4.78, 5) is 21.1. The molecule has 0 saturated carbocycles. The highest BCUT2D eigenvalue weighted by Crippen LogP contribution is 2.20. The molecule has 1 aromatic rings. The third-order valence-electron chi connectivity index (χ3n) is 2.30. The molecule has 5 heteroatoms. The van der Waals surface area contributed by atoms with Crippen LogP contribution in [0, 0.1) is 0 Å². The van der Waals surface area contributed by atoms with Gasteiger partial charge in [-0.05, 0) is 31.5 Å². The summed E-state index contributed by atoms with van der Waals surface area (Å²) in [5.41, 5.74) is 0.737. The fraction of sp³-hybridized carbons (Fsp3) is 0.385. The largest absolute Gasteiger partial charge is 0.491 e. The summed E-state index contributed by atoms with van der Waals surface area (Å²) >= 11 is 0. The maximum absolute atomic E-state index is 10.7. The van der Waals surface area contributed by atoms with Crippen LogP contribution in [-0.4, -0.2) is 23.6 Å². The number of hydrogen-bond donors (Lipinski definition) is 2. The number of ether oxygens (including phenoxy) is 1. The van der Waals surface area contributed by atoms with Gasteiger partial charge in [0.25, 0.3) is 0 Å². The molecule has 0 saturated heterocycles. The number of hydrogen-bond acceptors (Lipinski definition) is 3. The third-order valence-corrected chi connectivity index (χ3v) is 2.30. The van der Waals surface area contributed by atoms with E-state index in [4.69, 9.17) is 9.84 Å². The van der Waals surface area contributed by atoms with E-state index in [9.17, 15) is 9.59 Å². The molecule has 1 rings (SSSR count). The zero-order valence-electron chi connectivity index (χ0n) is 10.4. The van der Waals surface area contributed by atoms with Crippen LogP contribution >= 0.6 is 0 Å². The van der Waals surface area contributed by atoms with E-state index >= 15 is 0 Å². The van der Waals surface area contributed by atoms with Crippen molar-refractivity contribution in [1.82, 2.24) is 5.32 Å². The Morgan fingerprint density at radius 3 is 2.44 bits per heavy atom. The molecule has 0 aliphatic carbocycles. The van der Waals surface area contributed by atoms with Crippen molar-refractivity contribution in [3.63, 3.8) is 0 Å². The second kappa shape index (κ2) is 6.64. The molecule has 0 fully saturated rings. The normalized spacial score (nSPS) is 11.9. The van der Waals surface area contributed by atoms with Crippen LogP contribution < -0.4 is 10.1 Å². The predicted octanol–water partition coefficient (Wildman–Crippen LogP) is 1.74. The second-order valence-electron chi connectivity index (χ2n) is 4.17. The average Bonchev–Trinajstić information content (AvgIpc) is 2.28. The van der Waals surface area contributed by atoms with Gasteiger partial charge in [0.05, 0.1) is 18.6 Å². The van der Waals surface area contributed by atoms with E-state index in [1.54, 1.807) is 24.3 Å². The molecule has 2 N–H and O–H groups in total. The number of nitrogens with one attached hydrogen (secondary N) is 1. The van der Waals surface area contributed by atoms with Crippen LogP contribution in [0.25, 0.3) is 0 Å². The molecule has 1 atom stereocenters. The van der Waals surface area contributed by atoms with Gasteiger partial charge in [-0.3, -0.25) is 9.59 Å². The van der Waals surface area contributed by atoms with Gasteiger partial charge in [0.1, 0.15) is 5.75 Å². The number of carbonyl (C=O) groups excluding carboxylic acids is 1. The van der Waals surface area contributed by atoms with Crippen LogP contribution in [-0.2, 0) is 9.59 Å². The molecule has 5 nitrogen and oxygen atoms in total. The Balaban J connectivity index is 2.79. The van der Waals surface area contributed by atoms with Gasteiger partial charge >= 0.3 is 5.97 Å². The lowest BCUT2D eigenvalue weighted by Gasteiger charge is -2.15. The van der Waals surface area contributed by atoms with E-state index in [0.717, 1.165) is 5.56 Å². The number of carboxylic acid groups (broad SMARTS) is 1. The summed E-state index contributed by atoms with van der Waals surface area (Å²) < 4.78 is 5.48. The first kappa shape index (κ1) is 14.0. The summed E-state index contributed by atoms with van der Waals surface area (Å²) in [6.07, 6.45) is 0.439. The topological polar surface area (TPSA) is 75.6 Å². The van der Waals surface area contributed by atoms with Crippen molar-refractivity contribution < 1.29 is 19.4 Å². The predicted molar refractivity (Wildman–Crippen MR) is 66.4 cm³/mol. The minimum Gasteiger partial charge on any atom is -0.491 e. The van der Waals surface area contributed by atoms with E-state index in [1.165, 1.54) is 0 Å². The quantitative estimate of drug-likeness (QED) is 0.724. The first-order chi connectivity index (χ1) is 8.52. The lowest BCUT2D eigenvalue weighted by atomic mass is 10.0. The Morgan fingerprint density at radius 1 is 1.39 bits per heavy atom. The minimum absolute atomic E-state index is 0.0822. The summed E-state index contributed by atoms with van der Waals surface area (Å²) in [6, 6.07) is 6.50. The zero-order chi connectivity index (χ0) is 13.5. The fourth-order valence-electron chi connectivity index (χ4n) is 1.58. The number of carbonyl (C=O) groups is 2. The van der Waals surface area contributed by atoms with Crippen molar-refractivity contribution in [2.24, 2.45) is 0 Å².